The summed E-state index contributed by atoms with van der Waals surface area (Å²) in [5.41, 5.74) is 8.86. The van der Waals surface area contributed by atoms with Crippen LogP contribution in [-0.2, 0) is 11.2 Å². The van der Waals surface area contributed by atoms with Gasteiger partial charge in [-0.3, -0.25) is 9.78 Å². The Morgan fingerprint density at radius 2 is 1.95 bits per heavy atom. The first-order chi connectivity index (χ1) is 10.2. The van der Waals surface area contributed by atoms with Crippen molar-refractivity contribution in [1.29, 1.82) is 0 Å². The number of amides is 1. The van der Waals surface area contributed by atoms with Crippen molar-refractivity contribution >= 4 is 28.2 Å². The van der Waals surface area contributed by atoms with Gasteiger partial charge in [0.2, 0.25) is 5.91 Å². The molecular formula is C17H15N3O. The minimum Gasteiger partial charge on any atom is -0.399 e. The summed E-state index contributed by atoms with van der Waals surface area (Å²) in [5, 5.41) is 3.86. The van der Waals surface area contributed by atoms with Crippen molar-refractivity contribution < 1.29 is 4.79 Å². The average molecular weight is 277 g/mol. The summed E-state index contributed by atoms with van der Waals surface area (Å²) in [5.74, 6) is -0.0855. The summed E-state index contributed by atoms with van der Waals surface area (Å²) in [7, 11) is 0. The zero-order valence-corrected chi connectivity index (χ0v) is 11.4. The van der Waals surface area contributed by atoms with Gasteiger partial charge in [-0.2, -0.15) is 0 Å². The fourth-order valence-corrected chi connectivity index (χ4v) is 2.23. The highest BCUT2D eigenvalue weighted by Gasteiger charge is 2.05. The molecule has 1 heterocycles. The van der Waals surface area contributed by atoms with E-state index in [9.17, 15) is 4.79 Å². The van der Waals surface area contributed by atoms with Crippen LogP contribution in [0.2, 0.25) is 0 Å². The maximum atomic E-state index is 12.0. The molecule has 3 rings (SSSR count). The maximum Gasteiger partial charge on any atom is 0.228 e. The number of benzene rings is 2. The van der Waals surface area contributed by atoms with Crippen molar-refractivity contribution in [3.05, 3.63) is 66.4 Å². The predicted molar refractivity (Wildman–Crippen MR) is 84.9 cm³/mol. The lowest BCUT2D eigenvalue weighted by Gasteiger charge is -2.06. The van der Waals surface area contributed by atoms with Crippen LogP contribution in [0.1, 0.15) is 5.56 Å². The molecule has 0 spiro atoms. The lowest BCUT2D eigenvalue weighted by Crippen LogP contribution is -2.14. The highest BCUT2D eigenvalue weighted by atomic mass is 16.1. The Labute approximate surface area is 122 Å². The number of nitrogens with two attached hydrogens (primary N) is 1. The van der Waals surface area contributed by atoms with Gasteiger partial charge in [-0.1, -0.05) is 30.3 Å². The number of carbonyl (C=O) groups excluding carboxylic acids is 1. The normalized spacial score (nSPS) is 10.5. The quantitative estimate of drug-likeness (QED) is 0.723. The van der Waals surface area contributed by atoms with E-state index in [-0.39, 0.29) is 12.3 Å². The topological polar surface area (TPSA) is 68.0 Å². The SMILES string of the molecule is Nc1cccc(CC(=O)Nc2cnc3ccccc3c2)c1. The molecule has 0 fully saturated rings. The maximum absolute atomic E-state index is 12.0. The number of aromatic nitrogens is 1. The van der Waals surface area contributed by atoms with Crippen LogP contribution in [-0.4, -0.2) is 10.9 Å². The number of carbonyl (C=O) groups is 1. The molecule has 0 saturated carbocycles. The van der Waals surface area contributed by atoms with Crippen LogP contribution in [0.25, 0.3) is 10.9 Å². The van der Waals surface area contributed by atoms with E-state index in [0.717, 1.165) is 16.5 Å². The second kappa shape index (κ2) is 5.63. The Hall–Kier alpha value is -2.88. The van der Waals surface area contributed by atoms with Gasteiger partial charge in [-0.25, -0.2) is 0 Å². The summed E-state index contributed by atoms with van der Waals surface area (Å²) < 4.78 is 0. The molecule has 104 valence electrons. The van der Waals surface area contributed by atoms with Gasteiger partial charge in [-0.05, 0) is 29.8 Å². The number of para-hydroxylation sites is 1. The van der Waals surface area contributed by atoms with Crippen LogP contribution in [0.3, 0.4) is 0 Å². The molecule has 0 aliphatic rings. The smallest absolute Gasteiger partial charge is 0.228 e. The Balaban J connectivity index is 1.74. The van der Waals surface area contributed by atoms with E-state index in [1.165, 1.54) is 0 Å². The number of anilines is 2. The molecule has 4 heteroatoms. The molecule has 0 saturated heterocycles. The third kappa shape index (κ3) is 3.17. The van der Waals surface area contributed by atoms with Gasteiger partial charge < -0.3 is 11.1 Å². The number of nitrogens with zero attached hydrogens (tertiary/aromatic N) is 1. The lowest BCUT2D eigenvalue weighted by atomic mass is 10.1. The zero-order chi connectivity index (χ0) is 14.7. The van der Waals surface area contributed by atoms with Gasteiger partial charge in [0.15, 0.2) is 0 Å². The third-order valence-corrected chi connectivity index (χ3v) is 3.19. The number of hydrogen-bond acceptors (Lipinski definition) is 3. The molecule has 1 amide bonds. The first-order valence-corrected chi connectivity index (χ1v) is 6.70. The first kappa shape index (κ1) is 13.1. The van der Waals surface area contributed by atoms with Crippen molar-refractivity contribution in [3.63, 3.8) is 0 Å². The number of fused-ring (bicyclic) bond motifs is 1. The minimum absolute atomic E-state index is 0.0855. The van der Waals surface area contributed by atoms with E-state index in [2.05, 4.69) is 10.3 Å². The Morgan fingerprint density at radius 3 is 2.81 bits per heavy atom. The van der Waals surface area contributed by atoms with Gasteiger partial charge in [0, 0.05) is 11.1 Å². The van der Waals surface area contributed by atoms with E-state index in [0.29, 0.717) is 11.4 Å². The van der Waals surface area contributed by atoms with Gasteiger partial charge in [0.25, 0.3) is 0 Å². The molecule has 0 aliphatic carbocycles. The van der Waals surface area contributed by atoms with E-state index in [4.69, 9.17) is 5.73 Å². The van der Waals surface area contributed by atoms with Crippen molar-refractivity contribution in [2.45, 2.75) is 6.42 Å². The fourth-order valence-electron chi connectivity index (χ4n) is 2.23. The summed E-state index contributed by atoms with van der Waals surface area (Å²) in [4.78, 5) is 16.4. The largest absolute Gasteiger partial charge is 0.399 e. The third-order valence-electron chi connectivity index (χ3n) is 3.19. The molecule has 3 aromatic rings. The molecule has 1 aromatic heterocycles. The van der Waals surface area contributed by atoms with Crippen LogP contribution in [0, 0.1) is 0 Å². The molecule has 4 nitrogen and oxygen atoms in total. The van der Waals surface area contributed by atoms with Crippen LogP contribution >= 0.6 is 0 Å². The summed E-state index contributed by atoms with van der Waals surface area (Å²) >= 11 is 0. The molecule has 0 atom stereocenters. The Kier molecular flexibility index (Phi) is 3.51. The van der Waals surface area contributed by atoms with Crippen LogP contribution in [0.15, 0.2) is 60.8 Å². The monoisotopic (exact) mass is 277 g/mol. The second-order valence-corrected chi connectivity index (χ2v) is 4.89. The molecule has 0 unspecified atom stereocenters. The van der Waals surface area contributed by atoms with Gasteiger partial charge in [0.1, 0.15) is 0 Å². The summed E-state index contributed by atoms with van der Waals surface area (Å²) in [6, 6.07) is 17.0. The average Bonchev–Trinajstić information content (AvgIpc) is 2.47. The summed E-state index contributed by atoms with van der Waals surface area (Å²) in [6.07, 6.45) is 1.96. The van der Waals surface area contributed by atoms with E-state index in [1.54, 1.807) is 18.3 Å². The minimum atomic E-state index is -0.0855. The van der Waals surface area contributed by atoms with Crippen LogP contribution in [0.5, 0.6) is 0 Å². The van der Waals surface area contributed by atoms with E-state index in [1.807, 2.05) is 42.5 Å². The molecule has 2 aromatic carbocycles. The van der Waals surface area contributed by atoms with Crippen LogP contribution < -0.4 is 11.1 Å². The van der Waals surface area contributed by atoms with Gasteiger partial charge in [-0.15, -0.1) is 0 Å². The molecule has 0 aliphatic heterocycles. The molecule has 0 radical (unpaired) electrons. The van der Waals surface area contributed by atoms with Crippen LogP contribution in [0.4, 0.5) is 11.4 Å². The number of pyridine rings is 1. The Bertz CT molecular complexity index is 799. The number of hydrogen-bond donors (Lipinski definition) is 2. The standard InChI is InChI=1S/C17H15N3O/c18-14-6-3-4-12(8-14)9-17(21)20-15-10-13-5-1-2-7-16(13)19-11-15/h1-8,10-11H,9,18H2,(H,20,21). The van der Waals surface area contributed by atoms with Crippen molar-refractivity contribution in [2.75, 3.05) is 11.1 Å². The van der Waals surface area contributed by atoms with Crippen molar-refractivity contribution in [1.82, 2.24) is 4.98 Å². The Morgan fingerprint density at radius 1 is 1.10 bits per heavy atom. The van der Waals surface area contributed by atoms with E-state index < -0.39 is 0 Å². The number of nitrogens with one attached hydrogen (secondary N) is 1. The molecule has 0 bridgehead atoms. The fraction of sp³-hybridized carbons (Fsp3) is 0.0588. The number of nitrogen functional groups attached to an aromatic ring is 1. The first-order valence-electron chi connectivity index (χ1n) is 6.70. The zero-order valence-electron chi connectivity index (χ0n) is 11.4. The van der Waals surface area contributed by atoms with Gasteiger partial charge in [0.05, 0.1) is 23.8 Å². The highest BCUT2D eigenvalue weighted by molar-refractivity contribution is 5.94. The predicted octanol–water partition coefficient (Wildman–Crippen LogP) is 3.00. The molecular weight excluding hydrogens is 262 g/mol. The summed E-state index contributed by atoms with van der Waals surface area (Å²) in [6.45, 7) is 0. The van der Waals surface area contributed by atoms with E-state index >= 15 is 0 Å². The lowest BCUT2D eigenvalue weighted by molar-refractivity contribution is -0.115. The highest BCUT2D eigenvalue weighted by Crippen LogP contribution is 2.16. The molecule has 3 N–H and O–H groups in total. The van der Waals surface area contributed by atoms with Gasteiger partial charge >= 0.3 is 0 Å². The van der Waals surface area contributed by atoms with Crippen molar-refractivity contribution in [2.24, 2.45) is 0 Å². The number of rotatable bonds is 3. The second-order valence-electron chi connectivity index (χ2n) is 4.89. The van der Waals surface area contributed by atoms with Crippen molar-refractivity contribution in [3.8, 4) is 0 Å². The molecule has 21 heavy (non-hydrogen) atoms.